The molecule has 1 aliphatic rings. The summed E-state index contributed by atoms with van der Waals surface area (Å²) >= 11 is 0. The van der Waals surface area contributed by atoms with Crippen LogP contribution in [0, 0.1) is 20.8 Å². The molecule has 0 spiro atoms. The molecule has 2 aromatic carbocycles. The monoisotopic (exact) mass is 351 g/mol. The standard InChI is InChI=1S/C22H30BNO2/c1-15-11-16(2)20(17(3)12-15)14-24-19-10-8-9-18(13-19)23-25-21(4,5)22(6,7)26-23/h8-13,24H,14H2,1-7H3. The summed E-state index contributed by atoms with van der Waals surface area (Å²) in [4.78, 5) is 0. The zero-order valence-electron chi connectivity index (χ0n) is 17.1. The lowest BCUT2D eigenvalue weighted by atomic mass is 9.79. The Morgan fingerprint density at radius 1 is 0.885 bits per heavy atom. The van der Waals surface area contributed by atoms with Crippen LogP contribution in [0.5, 0.6) is 0 Å². The fourth-order valence-corrected chi connectivity index (χ4v) is 3.45. The minimum atomic E-state index is -0.329. The molecule has 0 aromatic heterocycles. The molecule has 1 fully saturated rings. The molecule has 0 bridgehead atoms. The van der Waals surface area contributed by atoms with Crippen molar-refractivity contribution in [1.29, 1.82) is 0 Å². The second kappa shape index (κ2) is 6.75. The Kier molecular flexibility index (Phi) is 4.93. The third-order valence-electron chi connectivity index (χ3n) is 5.72. The fourth-order valence-electron chi connectivity index (χ4n) is 3.45. The highest BCUT2D eigenvalue weighted by Gasteiger charge is 2.51. The Morgan fingerprint density at radius 3 is 2.04 bits per heavy atom. The van der Waals surface area contributed by atoms with Crippen LogP contribution in [0.3, 0.4) is 0 Å². The van der Waals surface area contributed by atoms with Gasteiger partial charge in [-0.15, -0.1) is 0 Å². The maximum atomic E-state index is 6.17. The molecular weight excluding hydrogens is 321 g/mol. The number of benzene rings is 2. The maximum absolute atomic E-state index is 6.17. The molecule has 0 aliphatic carbocycles. The Labute approximate surface area is 158 Å². The van der Waals surface area contributed by atoms with Gasteiger partial charge in [-0.1, -0.05) is 29.8 Å². The highest BCUT2D eigenvalue weighted by molar-refractivity contribution is 6.62. The van der Waals surface area contributed by atoms with E-state index >= 15 is 0 Å². The van der Waals surface area contributed by atoms with Gasteiger partial charge in [0.1, 0.15) is 0 Å². The summed E-state index contributed by atoms with van der Waals surface area (Å²) in [6, 6.07) is 12.8. The molecule has 1 N–H and O–H groups in total. The molecule has 0 amide bonds. The molecule has 0 radical (unpaired) electrons. The first-order valence-corrected chi connectivity index (χ1v) is 9.35. The predicted octanol–water partition coefficient (Wildman–Crippen LogP) is 4.52. The summed E-state index contributed by atoms with van der Waals surface area (Å²) in [5, 5.41) is 3.56. The van der Waals surface area contributed by atoms with Crippen molar-refractivity contribution in [2.45, 2.75) is 66.2 Å². The molecule has 0 unspecified atom stereocenters. The smallest absolute Gasteiger partial charge is 0.399 e. The van der Waals surface area contributed by atoms with Gasteiger partial charge in [0.05, 0.1) is 11.2 Å². The van der Waals surface area contributed by atoms with Crippen molar-refractivity contribution in [3.05, 3.63) is 58.7 Å². The number of rotatable bonds is 4. The highest BCUT2D eigenvalue weighted by atomic mass is 16.7. The van der Waals surface area contributed by atoms with Gasteiger partial charge in [0.2, 0.25) is 0 Å². The van der Waals surface area contributed by atoms with Gasteiger partial charge in [-0.2, -0.15) is 0 Å². The minimum Gasteiger partial charge on any atom is -0.399 e. The molecule has 1 aliphatic heterocycles. The lowest BCUT2D eigenvalue weighted by Gasteiger charge is -2.32. The second-order valence-corrected chi connectivity index (χ2v) is 8.44. The zero-order valence-corrected chi connectivity index (χ0v) is 17.1. The third kappa shape index (κ3) is 3.67. The van der Waals surface area contributed by atoms with Gasteiger partial charge in [-0.25, -0.2) is 0 Å². The molecular formula is C22H30BNO2. The van der Waals surface area contributed by atoms with E-state index in [4.69, 9.17) is 9.31 Å². The first kappa shape index (κ1) is 19.0. The largest absolute Gasteiger partial charge is 0.494 e. The van der Waals surface area contributed by atoms with E-state index in [9.17, 15) is 0 Å². The fraction of sp³-hybridized carbons (Fsp3) is 0.455. The van der Waals surface area contributed by atoms with Crippen LogP contribution in [0.15, 0.2) is 36.4 Å². The third-order valence-corrected chi connectivity index (χ3v) is 5.72. The first-order valence-electron chi connectivity index (χ1n) is 9.35. The lowest BCUT2D eigenvalue weighted by Crippen LogP contribution is -2.41. The lowest BCUT2D eigenvalue weighted by molar-refractivity contribution is 0.00578. The number of nitrogens with one attached hydrogen (secondary N) is 1. The zero-order chi connectivity index (χ0) is 19.1. The molecule has 3 rings (SSSR count). The van der Waals surface area contributed by atoms with Crippen molar-refractivity contribution in [2.24, 2.45) is 0 Å². The summed E-state index contributed by atoms with van der Waals surface area (Å²) in [5.41, 5.74) is 6.81. The van der Waals surface area contributed by atoms with Gasteiger partial charge >= 0.3 is 7.12 Å². The number of hydrogen-bond donors (Lipinski definition) is 1. The van der Waals surface area contributed by atoms with E-state index in [2.05, 4.69) is 90.2 Å². The van der Waals surface area contributed by atoms with Crippen LogP contribution in [-0.4, -0.2) is 18.3 Å². The van der Waals surface area contributed by atoms with E-state index in [0.717, 1.165) is 17.7 Å². The minimum absolute atomic E-state index is 0.322. The summed E-state index contributed by atoms with van der Waals surface area (Å²) in [7, 11) is -0.329. The molecule has 4 heteroatoms. The number of anilines is 1. The molecule has 1 saturated heterocycles. The summed E-state index contributed by atoms with van der Waals surface area (Å²) in [6.45, 7) is 15.6. The topological polar surface area (TPSA) is 30.5 Å². The van der Waals surface area contributed by atoms with E-state index in [1.165, 1.54) is 22.3 Å². The van der Waals surface area contributed by atoms with Crippen LogP contribution in [0.4, 0.5) is 5.69 Å². The summed E-state index contributed by atoms with van der Waals surface area (Å²) in [6.07, 6.45) is 0. The predicted molar refractivity (Wildman–Crippen MR) is 110 cm³/mol. The van der Waals surface area contributed by atoms with Crippen molar-refractivity contribution in [1.82, 2.24) is 0 Å². The average molecular weight is 351 g/mol. The number of aryl methyl sites for hydroxylation is 3. The Morgan fingerprint density at radius 2 is 1.46 bits per heavy atom. The van der Waals surface area contributed by atoms with E-state index in [1.54, 1.807) is 0 Å². The Balaban J connectivity index is 1.75. The average Bonchev–Trinajstić information content (AvgIpc) is 2.75. The normalized spacial score (nSPS) is 18.2. The van der Waals surface area contributed by atoms with Gasteiger partial charge in [-0.05, 0) is 82.8 Å². The second-order valence-electron chi connectivity index (χ2n) is 8.44. The Hall–Kier alpha value is -1.78. The molecule has 138 valence electrons. The van der Waals surface area contributed by atoms with Gasteiger partial charge in [0.25, 0.3) is 0 Å². The maximum Gasteiger partial charge on any atom is 0.494 e. The van der Waals surface area contributed by atoms with Gasteiger partial charge in [-0.3, -0.25) is 0 Å². The van der Waals surface area contributed by atoms with E-state index < -0.39 is 0 Å². The van der Waals surface area contributed by atoms with Gasteiger partial charge in [0, 0.05) is 12.2 Å². The Bertz CT molecular complexity index is 775. The van der Waals surface area contributed by atoms with Gasteiger partial charge < -0.3 is 14.6 Å². The van der Waals surface area contributed by atoms with Crippen LogP contribution in [0.2, 0.25) is 0 Å². The van der Waals surface area contributed by atoms with E-state index in [-0.39, 0.29) is 18.3 Å². The molecule has 1 heterocycles. The molecule has 2 aromatic rings. The van der Waals surface area contributed by atoms with Gasteiger partial charge in [0.15, 0.2) is 0 Å². The van der Waals surface area contributed by atoms with Crippen LogP contribution >= 0.6 is 0 Å². The van der Waals surface area contributed by atoms with Crippen molar-refractivity contribution < 1.29 is 9.31 Å². The number of hydrogen-bond acceptors (Lipinski definition) is 3. The van der Waals surface area contributed by atoms with Crippen molar-refractivity contribution in [3.63, 3.8) is 0 Å². The van der Waals surface area contributed by atoms with E-state index in [1.807, 2.05) is 0 Å². The molecule has 3 nitrogen and oxygen atoms in total. The van der Waals surface area contributed by atoms with Crippen molar-refractivity contribution in [2.75, 3.05) is 5.32 Å². The molecule has 0 saturated carbocycles. The quantitative estimate of drug-likeness (QED) is 0.822. The summed E-state index contributed by atoms with van der Waals surface area (Å²) < 4.78 is 12.3. The van der Waals surface area contributed by atoms with Crippen LogP contribution in [0.25, 0.3) is 0 Å². The molecule has 26 heavy (non-hydrogen) atoms. The van der Waals surface area contributed by atoms with E-state index in [0.29, 0.717) is 0 Å². The summed E-state index contributed by atoms with van der Waals surface area (Å²) in [5.74, 6) is 0. The first-order chi connectivity index (χ1) is 12.1. The molecule has 0 atom stereocenters. The van der Waals surface area contributed by atoms with Crippen LogP contribution in [-0.2, 0) is 15.9 Å². The highest BCUT2D eigenvalue weighted by Crippen LogP contribution is 2.36. The SMILES string of the molecule is Cc1cc(C)c(CNc2cccc(B3OC(C)(C)C(C)(C)O3)c2)c(C)c1. The van der Waals surface area contributed by atoms with Crippen molar-refractivity contribution in [3.8, 4) is 0 Å². The van der Waals surface area contributed by atoms with Crippen molar-refractivity contribution >= 4 is 18.3 Å². The van der Waals surface area contributed by atoms with Crippen LogP contribution in [0.1, 0.15) is 49.9 Å². The van der Waals surface area contributed by atoms with Crippen LogP contribution < -0.4 is 10.8 Å².